The highest BCUT2D eigenvalue weighted by atomic mass is 16.5. The minimum Gasteiger partial charge on any atom is -0.464 e. The van der Waals surface area contributed by atoms with Gasteiger partial charge in [-0.2, -0.15) is 0 Å². The second-order valence-electron chi connectivity index (χ2n) is 5.00. The van der Waals surface area contributed by atoms with Crippen LogP contribution in [0.3, 0.4) is 0 Å². The van der Waals surface area contributed by atoms with E-state index in [0.717, 1.165) is 19.3 Å². The van der Waals surface area contributed by atoms with Gasteiger partial charge in [-0.1, -0.05) is 0 Å². The van der Waals surface area contributed by atoms with Crippen LogP contribution in [-0.2, 0) is 20.8 Å². The SMILES string of the molecule is COCCCN(Cc1nc(C(=O)OC)co1)C(=O)C1CC1. The first-order valence-corrected chi connectivity index (χ1v) is 6.96. The second-order valence-corrected chi connectivity index (χ2v) is 5.00. The molecule has 7 nitrogen and oxygen atoms in total. The molecule has 0 saturated heterocycles. The van der Waals surface area contributed by atoms with E-state index < -0.39 is 5.97 Å². The summed E-state index contributed by atoms with van der Waals surface area (Å²) in [6, 6.07) is 0. The van der Waals surface area contributed by atoms with E-state index in [0.29, 0.717) is 19.0 Å². The van der Waals surface area contributed by atoms with Gasteiger partial charge in [-0.25, -0.2) is 9.78 Å². The average molecular weight is 296 g/mol. The zero-order valence-corrected chi connectivity index (χ0v) is 12.3. The largest absolute Gasteiger partial charge is 0.464 e. The van der Waals surface area contributed by atoms with E-state index in [4.69, 9.17) is 9.15 Å². The molecule has 0 atom stereocenters. The van der Waals surface area contributed by atoms with E-state index in [-0.39, 0.29) is 24.1 Å². The third-order valence-corrected chi connectivity index (χ3v) is 3.29. The normalized spacial score (nSPS) is 14.0. The smallest absolute Gasteiger partial charge is 0.360 e. The standard InChI is InChI=1S/C14H20N2O5/c1-19-7-3-6-16(13(17)10-4-5-10)8-12-15-11(9-21-12)14(18)20-2/h9-10H,3-8H2,1-2H3. The van der Waals surface area contributed by atoms with Crippen molar-refractivity contribution in [3.63, 3.8) is 0 Å². The van der Waals surface area contributed by atoms with Crippen LogP contribution in [0, 0.1) is 5.92 Å². The molecule has 0 bridgehead atoms. The van der Waals surface area contributed by atoms with Gasteiger partial charge in [0, 0.05) is 26.2 Å². The minimum atomic E-state index is -0.551. The average Bonchev–Trinajstić information content (AvgIpc) is 3.24. The van der Waals surface area contributed by atoms with Crippen LogP contribution in [0.1, 0.15) is 35.6 Å². The third-order valence-electron chi connectivity index (χ3n) is 3.29. The highest BCUT2D eigenvalue weighted by molar-refractivity contribution is 5.86. The summed E-state index contributed by atoms with van der Waals surface area (Å²) in [6.07, 6.45) is 3.88. The number of amides is 1. The van der Waals surface area contributed by atoms with Crippen molar-refractivity contribution < 1.29 is 23.5 Å². The molecule has 1 fully saturated rings. The molecule has 1 aliphatic carbocycles. The van der Waals surface area contributed by atoms with Gasteiger partial charge in [-0.3, -0.25) is 4.79 Å². The van der Waals surface area contributed by atoms with E-state index >= 15 is 0 Å². The van der Waals surface area contributed by atoms with Crippen molar-refractivity contribution in [3.8, 4) is 0 Å². The molecule has 0 aromatic carbocycles. The van der Waals surface area contributed by atoms with Crippen molar-refractivity contribution in [3.05, 3.63) is 17.8 Å². The molecule has 21 heavy (non-hydrogen) atoms. The van der Waals surface area contributed by atoms with Crippen molar-refractivity contribution in [1.82, 2.24) is 9.88 Å². The van der Waals surface area contributed by atoms with Crippen molar-refractivity contribution >= 4 is 11.9 Å². The van der Waals surface area contributed by atoms with Crippen LogP contribution < -0.4 is 0 Å². The van der Waals surface area contributed by atoms with Crippen LogP contribution >= 0.6 is 0 Å². The molecule has 0 N–H and O–H groups in total. The maximum absolute atomic E-state index is 12.2. The summed E-state index contributed by atoms with van der Waals surface area (Å²) >= 11 is 0. The van der Waals surface area contributed by atoms with E-state index in [1.54, 1.807) is 12.0 Å². The summed E-state index contributed by atoms with van der Waals surface area (Å²) in [6.45, 7) is 1.43. The number of oxazole rings is 1. The summed E-state index contributed by atoms with van der Waals surface area (Å²) in [7, 11) is 2.91. The molecule has 116 valence electrons. The third kappa shape index (κ3) is 4.29. The Bertz CT molecular complexity index is 495. The number of rotatable bonds is 8. The summed E-state index contributed by atoms with van der Waals surface area (Å²) in [5.74, 6) is 0.0257. The van der Waals surface area contributed by atoms with Gasteiger partial charge in [0.1, 0.15) is 6.26 Å². The molecule has 1 aromatic heterocycles. The van der Waals surface area contributed by atoms with E-state index in [1.807, 2.05) is 0 Å². The first-order valence-electron chi connectivity index (χ1n) is 6.96. The maximum atomic E-state index is 12.2. The number of carbonyl (C=O) groups excluding carboxylic acids is 2. The predicted molar refractivity (Wildman–Crippen MR) is 72.5 cm³/mol. The fraction of sp³-hybridized carbons (Fsp3) is 0.643. The summed E-state index contributed by atoms with van der Waals surface area (Å²) in [5.41, 5.74) is 0.114. The zero-order chi connectivity index (χ0) is 15.2. The molecule has 0 radical (unpaired) electrons. The van der Waals surface area contributed by atoms with Crippen LogP contribution in [0.15, 0.2) is 10.7 Å². The Morgan fingerprint density at radius 2 is 2.19 bits per heavy atom. The number of aromatic nitrogens is 1. The lowest BCUT2D eigenvalue weighted by Gasteiger charge is -2.20. The van der Waals surface area contributed by atoms with Gasteiger partial charge in [-0.15, -0.1) is 0 Å². The van der Waals surface area contributed by atoms with Gasteiger partial charge >= 0.3 is 5.97 Å². The van der Waals surface area contributed by atoms with Crippen LogP contribution in [0.4, 0.5) is 0 Å². The zero-order valence-electron chi connectivity index (χ0n) is 12.3. The number of methoxy groups -OCH3 is 2. The monoisotopic (exact) mass is 296 g/mol. The Balaban J connectivity index is 1.97. The molecular weight excluding hydrogens is 276 g/mol. The Kier molecular flexibility index (Phi) is 5.32. The molecule has 1 heterocycles. The van der Waals surface area contributed by atoms with E-state index in [1.165, 1.54) is 13.4 Å². The van der Waals surface area contributed by atoms with Crippen molar-refractivity contribution in [1.29, 1.82) is 0 Å². The molecule has 0 unspecified atom stereocenters. The predicted octanol–water partition coefficient (Wildman–Crippen LogP) is 1.24. The Hall–Kier alpha value is -1.89. The van der Waals surface area contributed by atoms with E-state index in [2.05, 4.69) is 9.72 Å². The van der Waals surface area contributed by atoms with Gasteiger partial charge in [0.2, 0.25) is 11.8 Å². The van der Waals surface area contributed by atoms with Gasteiger partial charge in [-0.05, 0) is 19.3 Å². The van der Waals surface area contributed by atoms with E-state index in [9.17, 15) is 9.59 Å². The van der Waals surface area contributed by atoms with Crippen LogP contribution in [0.25, 0.3) is 0 Å². The van der Waals surface area contributed by atoms with Crippen molar-refractivity contribution in [2.75, 3.05) is 27.4 Å². The fourth-order valence-electron chi connectivity index (χ4n) is 2.00. The Labute approximate surface area is 123 Å². The highest BCUT2D eigenvalue weighted by Gasteiger charge is 2.33. The number of nitrogens with zero attached hydrogens (tertiary/aromatic N) is 2. The minimum absolute atomic E-state index is 0.114. The quantitative estimate of drug-likeness (QED) is 0.530. The topological polar surface area (TPSA) is 81.9 Å². The number of hydrogen-bond donors (Lipinski definition) is 0. The van der Waals surface area contributed by atoms with Crippen molar-refractivity contribution in [2.24, 2.45) is 5.92 Å². The molecular formula is C14H20N2O5. The van der Waals surface area contributed by atoms with Gasteiger partial charge in [0.15, 0.2) is 5.69 Å². The summed E-state index contributed by atoms with van der Waals surface area (Å²) in [4.78, 5) is 29.3. The molecule has 0 spiro atoms. The number of carbonyl (C=O) groups is 2. The van der Waals surface area contributed by atoms with Gasteiger partial charge < -0.3 is 18.8 Å². The molecule has 1 aliphatic rings. The van der Waals surface area contributed by atoms with Crippen LogP contribution in [0.5, 0.6) is 0 Å². The molecule has 2 rings (SSSR count). The molecule has 7 heteroatoms. The lowest BCUT2D eigenvalue weighted by Crippen LogP contribution is -2.33. The second kappa shape index (κ2) is 7.21. The van der Waals surface area contributed by atoms with Crippen LogP contribution in [0.2, 0.25) is 0 Å². The molecule has 1 amide bonds. The first kappa shape index (κ1) is 15.5. The highest BCUT2D eigenvalue weighted by Crippen LogP contribution is 2.31. The first-order chi connectivity index (χ1) is 10.2. The summed E-state index contributed by atoms with van der Waals surface area (Å²) in [5, 5.41) is 0. The molecule has 1 aromatic rings. The fourth-order valence-corrected chi connectivity index (χ4v) is 2.00. The van der Waals surface area contributed by atoms with Gasteiger partial charge in [0.25, 0.3) is 0 Å². The lowest BCUT2D eigenvalue weighted by atomic mass is 10.3. The van der Waals surface area contributed by atoms with Gasteiger partial charge in [0.05, 0.1) is 13.7 Å². The Morgan fingerprint density at radius 1 is 1.43 bits per heavy atom. The number of esters is 1. The summed E-state index contributed by atoms with van der Waals surface area (Å²) < 4.78 is 14.8. The number of ether oxygens (including phenoxy) is 2. The lowest BCUT2D eigenvalue weighted by molar-refractivity contribution is -0.133. The van der Waals surface area contributed by atoms with Crippen LogP contribution in [-0.4, -0.2) is 49.1 Å². The number of hydrogen-bond acceptors (Lipinski definition) is 6. The molecule has 1 saturated carbocycles. The maximum Gasteiger partial charge on any atom is 0.360 e. The molecule has 0 aliphatic heterocycles. The van der Waals surface area contributed by atoms with Crippen molar-refractivity contribution in [2.45, 2.75) is 25.8 Å². The Morgan fingerprint density at radius 3 is 2.81 bits per heavy atom.